The Balaban J connectivity index is 2.33. The average Bonchev–Trinajstić information content (AvgIpc) is 2.14. The van der Waals surface area contributed by atoms with E-state index in [9.17, 15) is 0 Å². The van der Waals surface area contributed by atoms with Gasteiger partial charge in [0, 0.05) is 19.0 Å². The number of amidine groups is 1. The molecular formula is C11H23N3. The third-order valence-corrected chi connectivity index (χ3v) is 2.85. The summed E-state index contributed by atoms with van der Waals surface area (Å²) in [6, 6.07) is 0. The number of nitrogens with zero attached hydrogens (tertiary/aromatic N) is 2. The highest BCUT2D eigenvalue weighted by Gasteiger charge is 2.16. The second kappa shape index (κ2) is 5.35. The van der Waals surface area contributed by atoms with Gasteiger partial charge < -0.3 is 10.6 Å². The largest absolute Gasteiger partial charge is 0.387 e. The molecule has 0 spiro atoms. The van der Waals surface area contributed by atoms with Gasteiger partial charge in [0.15, 0.2) is 0 Å². The van der Waals surface area contributed by atoms with Crippen LogP contribution in [0, 0.1) is 11.8 Å². The van der Waals surface area contributed by atoms with E-state index in [4.69, 9.17) is 5.73 Å². The molecule has 1 unspecified atom stereocenters. The van der Waals surface area contributed by atoms with Gasteiger partial charge in [0.2, 0.25) is 0 Å². The molecule has 0 bridgehead atoms. The molecule has 0 aromatic rings. The number of nitrogens with two attached hydrogens (primary N) is 1. The predicted octanol–water partition coefficient (Wildman–Crippen LogP) is 1.34. The van der Waals surface area contributed by atoms with E-state index in [-0.39, 0.29) is 0 Å². The van der Waals surface area contributed by atoms with Crippen molar-refractivity contribution in [2.45, 2.75) is 26.7 Å². The van der Waals surface area contributed by atoms with Gasteiger partial charge in [-0.25, -0.2) is 0 Å². The van der Waals surface area contributed by atoms with Crippen LogP contribution in [0.25, 0.3) is 0 Å². The Hall–Kier alpha value is -0.570. The van der Waals surface area contributed by atoms with Gasteiger partial charge in [-0.2, -0.15) is 0 Å². The lowest BCUT2D eigenvalue weighted by Gasteiger charge is -2.28. The predicted molar refractivity (Wildman–Crippen MR) is 61.5 cm³/mol. The Labute approximate surface area is 87.4 Å². The number of rotatable bonds is 3. The monoisotopic (exact) mass is 197 g/mol. The highest BCUT2D eigenvalue weighted by Crippen LogP contribution is 2.15. The van der Waals surface area contributed by atoms with Crippen LogP contribution in [0.1, 0.15) is 26.7 Å². The zero-order valence-corrected chi connectivity index (χ0v) is 9.66. The first-order valence-electron chi connectivity index (χ1n) is 5.58. The molecular weight excluding hydrogens is 174 g/mol. The first-order chi connectivity index (χ1) is 6.59. The fraction of sp³-hybridized carbons (Fsp3) is 0.909. The summed E-state index contributed by atoms with van der Waals surface area (Å²) in [5.41, 5.74) is 5.80. The van der Waals surface area contributed by atoms with Gasteiger partial charge >= 0.3 is 0 Å². The summed E-state index contributed by atoms with van der Waals surface area (Å²) in [6.07, 6.45) is 2.61. The Kier molecular flexibility index (Phi) is 4.39. The van der Waals surface area contributed by atoms with Gasteiger partial charge in [-0.3, -0.25) is 4.99 Å². The molecule has 0 radical (unpaired) electrons. The van der Waals surface area contributed by atoms with Crippen molar-refractivity contribution in [2.24, 2.45) is 22.6 Å². The molecule has 0 aliphatic carbocycles. The minimum absolute atomic E-state index is 0.385. The van der Waals surface area contributed by atoms with Crippen LogP contribution in [0.5, 0.6) is 0 Å². The number of likely N-dealkylation sites (tertiary alicyclic amines) is 1. The normalized spacial score (nSPS) is 25.7. The SMILES string of the molecule is CC(C)C(N)=NCC1CCCN(C)C1. The summed E-state index contributed by atoms with van der Waals surface area (Å²) in [4.78, 5) is 6.83. The summed E-state index contributed by atoms with van der Waals surface area (Å²) in [6.45, 7) is 7.50. The zero-order valence-electron chi connectivity index (χ0n) is 9.66. The van der Waals surface area contributed by atoms with Crippen molar-refractivity contribution in [1.82, 2.24) is 4.90 Å². The lowest BCUT2D eigenvalue weighted by Crippen LogP contribution is -2.34. The van der Waals surface area contributed by atoms with Crippen LogP contribution >= 0.6 is 0 Å². The van der Waals surface area contributed by atoms with Crippen molar-refractivity contribution < 1.29 is 0 Å². The smallest absolute Gasteiger partial charge is 0.0962 e. The molecule has 1 aliphatic heterocycles. The quantitative estimate of drug-likeness (QED) is 0.548. The van der Waals surface area contributed by atoms with Gasteiger partial charge in [-0.05, 0) is 32.4 Å². The first kappa shape index (κ1) is 11.5. The second-order valence-electron chi connectivity index (χ2n) is 4.69. The maximum atomic E-state index is 5.80. The third-order valence-electron chi connectivity index (χ3n) is 2.85. The molecule has 1 heterocycles. The van der Waals surface area contributed by atoms with Gasteiger partial charge in [0.05, 0.1) is 5.84 Å². The molecule has 0 saturated carbocycles. The van der Waals surface area contributed by atoms with Crippen LogP contribution in [-0.4, -0.2) is 37.4 Å². The van der Waals surface area contributed by atoms with Crippen molar-refractivity contribution in [3.8, 4) is 0 Å². The lowest BCUT2D eigenvalue weighted by atomic mass is 9.99. The number of hydrogen-bond donors (Lipinski definition) is 1. The minimum Gasteiger partial charge on any atom is -0.387 e. The van der Waals surface area contributed by atoms with Crippen LogP contribution in [0.4, 0.5) is 0 Å². The standard InChI is InChI=1S/C11H23N3/c1-9(2)11(12)13-7-10-5-4-6-14(3)8-10/h9-10H,4-8H2,1-3H3,(H2,12,13). The van der Waals surface area contributed by atoms with E-state index in [1.807, 2.05) is 0 Å². The molecule has 2 N–H and O–H groups in total. The maximum Gasteiger partial charge on any atom is 0.0962 e. The Morgan fingerprint density at radius 1 is 1.57 bits per heavy atom. The molecule has 1 atom stereocenters. The van der Waals surface area contributed by atoms with E-state index in [2.05, 4.69) is 30.8 Å². The van der Waals surface area contributed by atoms with E-state index in [0.717, 1.165) is 12.4 Å². The highest BCUT2D eigenvalue weighted by atomic mass is 15.1. The fourth-order valence-electron chi connectivity index (χ4n) is 1.84. The Morgan fingerprint density at radius 2 is 2.29 bits per heavy atom. The molecule has 0 aromatic heterocycles. The number of aliphatic imine (C=N–C) groups is 1. The van der Waals surface area contributed by atoms with Gasteiger partial charge in [-0.15, -0.1) is 0 Å². The number of piperidine rings is 1. The molecule has 3 heteroatoms. The van der Waals surface area contributed by atoms with Crippen LogP contribution in [0.15, 0.2) is 4.99 Å². The van der Waals surface area contributed by atoms with E-state index in [0.29, 0.717) is 11.8 Å². The van der Waals surface area contributed by atoms with Crippen molar-refractivity contribution in [3.05, 3.63) is 0 Å². The van der Waals surface area contributed by atoms with Gasteiger partial charge in [-0.1, -0.05) is 13.8 Å². The van der Waals surface area contributed by atoms with Crippen LogP contribution in [0.3, 0.4) is 0 Å². The van der Waals surface area contributed by atoms with Crippen LogP contribution in [0.2, 0.25) is 0 Å². The van der Waals surface area contributed by atoms with E-state index < -0.39 is 0 Å². The third kappa shape index (κ3) is 3.66. The van der Waals surface area contributed by atoms with Crippen LogP contribution in [-0.2, 0) is 0 Å². The van der Waals surface area contributed by atoms with Crippen LogP contribution < -0.4 is 5.73 Å². The first-order valence-corrected chi connectivity index (χ1v) is 5.58. The molecule has 82 valence electrons. The molecule has 14 heavy (non-hydrogen) atoms. The van der Waals surface area contributed by atoms with E-state index in [1.165, 1.54) is 25.9 Å². The van der Waals surface area contributed by atoms with E-state index >= 15 is 0 Å². The average molecular weight is 197 g/mol. The van der Waals surface area contributed by atoms with E-state index in [1.54, 1.807) is 0 Å². The van der Waals surface area contributed by atoms with Gasteiger partial charge in [0.1, 0.15) is 0 Å². The highest BCUT2D eigenvalue weighted by molar-refractivity contribution is 5.82. The molecule has 0 amide bonds. The summed E-state index contributed by atoms with van der Waals surface area (Å²) in [5.74, 6) is 1.90. The lowest BCUT2D eigenvalue weighted by molar-refractivity contribution is 0.214. The van der Waals surface area contributed by atoms with Crippen molar-refractivity contribution >= 4 is 5.84 Å². The summed E-state index contributed by atoms with van der Waals surface area (Å²) < 4.78 is 0. The second-order valence-corrected chi connectivity index (χ2v) is 4.69. The zero-order chi connectivity index (χ0) is 10.6. The molecule has 0 aromatic carbocycles. The summed E-state index contributed by atoms with van der Waals surface area (Å²) in [7, 11) is 2.18. The molecule has 3 nitrogen and oxygen atoms in total. The number of hydrogen-bond acceptors (Lipinski definition) is 2. The van der Waals surface area contributed by atoms with Crippen molar-refractivity contribution in [3.63, 3.8) is 0 Å². The van der Waals surface area contributed by atoms with Crippen molar-refractivity contribution in [1.29, 1.82) is 0 Å². The summed E-state index contributed by atoms with van der Waals surface area (Å²) >= 11 is 0. The minimum atomic E-state index is 0.385. The Bertz CT molecular complexity index is 199. The molecule has 1 aliphatic rings. The molecule has 1 rings (SSSR count). The Morgan fingerprint density at radius 3 is 2.86 bits per heavy atom. The van der Waals surface area contributed by atoms with Gasteiger partial charge in [0.25, 0.3) is 0 Å². The summed E-state index contributed by atoms with van der Waals surface area (Å²) in [5, 5.41) is 0. The van der Waals surface area contributed by atoms with Crippen molar-refractivity contribution in [2.75, 3.05) is 26.7 Å². The molecule has 1 saturated heterocycles. The maximum absolute atomic E-state index is 5.80. The molecule has 1 fully saturated rings. The fourth-order valence-corrected chi connectivity index (χ4v) is 1.84. The topological polar surface area (TPSA) is 41.6 Å².